The standard InChI is InChI=1S/C19H28O2/c1-2-4-15-5-7-16(8-6-15)17-9-11-18(12-10-17)19-20-13-3-14-21-19/h9-12,15-16,19H,2-8,13-14H2,1H3. The summed E-state index contributed by atoms with van der Waals surface area (Å²) in [5.41, 5.74) is 2.67. The molecule has 1 aliphatic carbocycles. The second-order valence-electron chi connectivity index (χ2n) is 6.60. The molecule has 1 aromatic carbocycles. The van der Waals surface area contributed by atoms with Crippen LogP contribution in [0, 0.1) is 5.92 Å². The van der Waals surface area contributed by atoms with E-state index in [1.165, 1.54) is 44.1 Å². The fraction of sp³-hybridized carbons (Fsp3) is 0.684. The predicted molar refractivity (Wildman–Crippen MR) is 85.3 cm³/mol. The Kier molecular flexibility index (Phi) is 5.32. The van der Waals surface area contributed by atoms with Crippen molar-refractivity contribution >= 4 is 0 Å². The first-order valence-corrected chi connectivity index (χ1v) is 8.70. The van der Waals surface area contributed by atoms with Crippen LogP contribution < -0.4 is 0 Å². The van der Waals surface area contributed by atoms with Crippen LogP contribution in [0.3, 0.4) is 0 Å². The molecule has 2 heteroatoms. The van der Waals surface area contributed by atoms with Gasteiger partial charge in [-0.05, 0) is 49.5 Å². The third-order valence-electron chi connectivity index (χ3n) is 5.05. The number of rotatable bonds is 4. The summed E-state index contributed by atoms with van der Waals surface area (Å²) >= 11 is 0. The van der Waals surface area contributed by atoms with Gasteiger partial charge >= 0.3 is 0 Å². The molecule has 1 aromatic rings. The topological polar surface area (TPSA) is 18.5 Å². The van der Waals surface area contributed by atoms with E-state index in [0.29, 0.717) is 0 Å². The SMILES string of the molecule is CCCC1CCC(c2ccc(C3OCCCO3)cc2)CC1. The van der Waals surface area contributed by atoms with Gasteiger partial charge in [-0.3, -0.25) is 0 Å². The maximum absolute atomic E-state index is 5.67. The molecule has 1 aliphatic heterocycles. The molecule has 0 atom stereocenters. The van der Waals surface area contributed by atoms with Crippen LogP contribution in [0.4, 0.5) is 0 Å². The molecule has 2 nitrogen and oxygen atoms in total. The first-order chi connectivity index (χ1) is 10.4. The van der Waals surface area contributed by atoms with Gasteiger partial charge in [-0.25, -0.2) is 0 Å². The van der Waals surface area contributed by atoms with Gasteiger partial charge in [0.25, 0.3) is 0 Å². The zero-order chi connectivity index (χ0) is 14.5. The van der Waals surface area contributed by atoms with Crippen LogP contribution in [0.15, 0.2) is 24.3 Å². The highest BCUT2D eigenvalue weighted by Gasteiger charge is 2.22. The minimum absolute atomic E-state index is 0.145. The van der Waals surface area contributed by atoms with E-state index in [2.05, 4.69) is 31.2 Å². The average Bonchev–Trinajstić information content (AvgIpc) is 2.57. The maximum atomic E-state index is 5.67. The lowest BCUT2D eigenvalue weighted by Crippen LogP contribution is -2.18. The Balaban J connectivity index is 1.57. The molecule has 0 amide bonds. The molecule has 0 N–H and O–H groups in total. The van der Waals surface area contributed by atoms with E-state index in [1.807, 2.05) is 0 Å². The third kappa shape index (κ3) is 3.87. The van der Waals surface area contributed by atoms with Gasteiger partial charge < -0.3 is 9.47 Å². The van der Waals surface area contributed by atoms with E-state index < -0.39 is 0 Å². The molecule has 2 fully saturated rings. The van der Waals surface area contributed by atoms with Crippen molar-refractivity contribution in [3.63, 3.8) is 0 Å². The van der Waals surface area contributed by atoms with Gasteiger partial charge in [0, 0.05) is 5.56 Å². The van der Waals surface area contributed by atoms with Crippen LogP contribution in [0.25, 0.3) is 0 Å². The van der Waals surface area contributed by atoms with Crippen LogP contribution in [0.1, 0.15) is 75.2 Å². The molecular formula is C19H28O2. The van der Waals surface area contributed by atoms with Crippen molar-refractivity contribution in [1.29, 1.82) is 0 Å². The molecule has 0 unspecified atom stereocenters. The first kappa shape index (κ1) is 15.1. The van der Waals surface area contributed by atoms with E-state index >= 15 is 0 Å². The van der Waals surface area contributed by atoms with Crippen LogP contribution in [-0.4, -0.2) is 13.2 Å². The Bertz CT molecular complexity index is 412. The Morgan fingerprint density at radius 3 is 2.14 bits per heavy atom. The molecule has 0 bridgehead atoms. The van der Waals surface area contributed by atoms with Crippen LogP contribution >= 0.6 is 0 Å². The normalized spacial score (nSPS) is 27.7. The molecule has 0 spiro atoms. The summed E-state index contributed by atoms with van der Waals surface area (Å²) in [6.07, 6.45) is 9.17. The van der Waals surface area contributed by atoms with E-state index in [0.717, 1.165) is 37.0 Å². The molecule has 1 saturated carbocycles. The zero-order valence-electron chi connectivity index (χ0n) is 13.2. The highest BCUT2D eigenvalue weighted by molar-refractivity contribution is 5.26. The number of hydrogen-bond acceptors (Lipinski definition) is 2. The van der Waals surface area contributed by atoms with E-state index in [-0.39, 0.29) is 6.29 Å². The zero-order valence-corrected chi connectivity index (χ0v) is 13.2. The van der Waals surface area contributed by atoms with Gasteiger partial charge in [-0.1, -0.05) is 44.0 Å². The van der Waals surface area contributed by atoms with Crippen molar-refractivity contribution in [3.8, 4) is 0 Å². The molecule has 3 rings (SSSR count). The second-order valence-corrected chi connectivity index (χ2v) is 6.60. The minimum atomic E-state index is -0.145. The Morgan fingerprint density at radius 1 is 0.905 bits per heavy atom. The second kappa shape index (κ2) is 7.42. The van der Waals surface area contributed by atoms with E-state index in [9.17, 15) is 0 Å². The Morgan fingerprint density at radius 2 is 1.52 bits per heavy atom. The van der Waals surface area contributed by atoms with Crippen molar-refractivity contribution in [2.75, 3.05) is 13.2 Å². The molecule has 0 aromatic heterocycles. The van der Waals surface area contributed by atoms with Crippen molar-refractivity contribution in [2.45, 2.75) is 64.1 Å². The van der Waals surface area contributed by atoms with Crippen molar-refractivity contribution in [1.82, 2.24) is 0 Å². The molecule has 1 heterocycles. The summed E-state index contributed by atoms with van der Waals surface area (Å²) < 4.78 is 11.3. The van der Waals surface area contributed by atoms with Crippen molar-refractivity contribution < 1.29 is 9.47 Å². The summed E-state index contributed by atoms with van der Waals surface area (Å²) in [5.74, 6) is 1.75. The summed E-state index contributed by atoms with van der Waals surface area (Å²) in [4.78, 5) is 0. The fourth-order valence-electron chi connectivity index (χ4n) is 3.80. The molecule has 116 valence electrons. The summed E-state index contributed by atoms with van der Waals surface area (Å²) in [6, 6.07) is 8.98. The van der Waals surface area contributed by atoms with Crippen LogP contribution in [0.5, 0.6) is 0 Å². The van der Waals surface area contributed by atoms with E-state index in [4.69, 9.17) is 9.47 Å². The Labute approximate surface area is 128 Å². The molecule has 0 radical (unpaired) electrons. The van der Waals surface area contributed by atoms with Gasteiger partial charge in [0.05, 0.1) is 13.2 Å². The van der Waals surface area contributed by atoms with E-state index in [1.54, 1.807) is 0 Å². The predicted octanol–water partition coefficient (Wildman–Crippen LogP) is 5.20. The van der Waals surface area contributed by atoms with Gasteiger partial charge in [-0.15, -0.1) is 0 Å². The lowest BCUT2D eigenvalue weighted by molar-refractivity contribution is -0.183. The first-order valence-electron chi connectivity index (χ1n) is 8.70. The smallest absolute Gasteiger partial charge is 0.183 e. The summed E-state index contributed by atoms with van der Waals surface area (Å²) in [6.45, 7) is 3.93. The van der Waals surface area contributed by atoms with Crippen molar-refractivity contribution in [3.05, 3.63) is 35.4 Å². The molecule has 21 heavy (non-hydrogen) atoms. The van der Waals surface area contributed by atoms with Gasteiger partial charge in [0.15, 0.2) is 6.29 Å². The average molecular weight is 288 g/mol. The molecule has 2 aliphatic rings. The van der Waals surface area contributed by atoms with Crippen LogP contribution in [0.2, 0.25) is 0 Å². The third-order valence-corrected chi connectivity index (χ3v) is 5.05. The number of benzene rings is 1. The Hall–Kier alpha value is -0.860. The van der Waals surface area contributed by atoms with Crippen molar-refractivity contribution in [2.24, 2.45) is 5.92 Å². The summed E-state index contributed by atoms with van der Waals surface area (Å²) in [5, 5.41) is 0. The van der Waals surface area contributed by atoms with Crippen LogP contribution in [-0.2, 0) is 9.47 Å². The molecular weight excluding hydrogens is 260 g/mol. The quantitative estimate of drug-likeness (QED) is 0.758. The largest absolute Gasteiger partial charge is 0.348 e. The van der Waals surface area contributed by atoms with Gasteiger partial charge in [0.2, 0.25) is 0 Å². The lowest BCUT2D eigenvalue weighted by Gasteiger charge is -2.29. The maximum Gasteiger partial charge on any atom is 0.183 e. The van der Waals surface area contributed by atoms with Gasteiger partial charge in [0.1, 0.15) is 0 Å². The number of ether oxygens (including phenoxy) is 2. The monoisotopic (exact) mass is 288 g/mol. The fourth-order valence-corrected chi connectivity index (χ4v) is 3.80. The molecule has 1 saturated heterocycles. The highest BCUT2D eigenvalue weighted by Crippen LogP contribution is 2.37. The highest BCUT2D eigenvalue weighted by atomic mass is 16.7. The van der Waals surface area contributed by atoms with Gasteiger partial charge in [-0.2, -0.15) is 0 Å². The summed E-state index contributed by atoms with van der Waals surface area (Å²) in [7, 11) is 0. The number of hydrogen-bond donors (Lipinski definition) is 0. The lowest BCUT2D eigenvalue weighted by atomic mass is 9.77. The minimum Gasteiger partial charge on any atom is -0.348 e.